The van der Waals surface area contributed by atoms with Crippen LogP contribution in [0, 0.1) is 0 Å². The summed E-state index contributed by atoms with van der Waals surface area (Å²) < 4.78 is 260. The quantitative estimate of drug-likeness (QED) is 0.211. The maximum atomic E-state index is 13.3. The van der Waals surface area contributed by atoms with Gasteiger partial charge < -0.3 is 4.74 Å². The summed E-state index contributed by atoms with van der Waals surface area (Å²) in [5.41, 5.74) is -3.05. The molecule has 0 bridgehead atoms. The topological polar surface area (TPSA) is 26.3 Å². The Kier molecular flexibility index (Phi) is 7.81. The third-order valence-corrected chi connectivity index (χ3v) is 3.65. The number of hydrogen-bond donors (Lipinski definition) is 0. The molecule has 0 heterocycles. The first-order chi connectivity index (χ1) is 14.3. The molecule has 0 aromatic rings. The molecule has 23 heteroatoms. The van der Waals surface area contributed by atoms with Crippen molar-refractivity contribution < 1.29 is 97.3 Å². The van der Waals surface area contributed by atoms with Gasteiger partial charge in [0.2, 0.25) is 0 Å². The van der Waals surface area contributed by atoms with Gasteiger partial charge in [-0.1, -0.05) is 0 Å². The smallest absolute Gasteiger partial charge is 0.386 e. The average Bonchev–Trinajstić information content (AvgIpc) is 2.57. The molecule has 0 amide bonds. The van der Waals surface area contributed by atoms with E-state index >= 15 is 0 Å². The molecule has 1 atom stereocenters. The molecule has 0 saturated heterocycles. The van der Waals surface area contributed by atoms with E-state index in [9.17, 15) is 92.6 Å². The number of halogens is 21. The summed E-state index contributed by atoms with van der Waals surface area (Å²) >= 11 is 3.97. The summed E-state index contributed by atoms with van der Waals surface area (Å²) in [7, 11) is 0. The molecule has 0 fully saturated rings. The summed E-state index contributed by atoms with van der Waals surface area (Å²) in [4.78, 5) is 9.96. The average molecular weight is 581 g/mol. The van der Waals surface area contributed by atoms with Crippen LogP contribution in [-0.4, -0.2) is 65.3 Å². The van der Waals surface area contributed by atoms with Crippen LogP contribution in [0.5, 0.6) is 0 Å². The Bertz CT molecular complexity index is 769. The third-order valence-electron chi connectivity index (χ3n) is 3.58. The van der Waals surface area contributed by atoms with Gasteiger partial charge in [0.15, 0.2) is 0 Å². The fourth-order valence-electron chi connectivity index (χ4n) is 1.70. The number of carbonyl (C=O) groups is 1. The lowest BCUT2D eigenvalue weighted by Gasteiger charge is -2.43. The standard InChI is InChI=1S/C11HClF20O2/c12-2(33)34-4(16,17)1(13)3(14,15)5(18,19)6(20,21)7(22,23)8(24,25)9(26,27)10(28,29)11(30,31)32/h1H. The van der Waals surface area contributed by atoms with Crippen molar-refractivity contribution >= 4 is 17.0 Å². The van der Waals surface area contributed by atoms with Crippen LogP contribution in [0.1, 0.15) is 0 Å². The van der Waals surface area contributed by atoms with Crippen molar-refractivity contribution in [3.05, 3.63) is 0 Å². The number of carbonyl (C=O) groups excluding carboxylic acids is 1. The van der Waals surface area contributed by atoms with E-state index < -0.39 is 65.3 Å². The first kappa shape index (κ1) is 32.4. The van der Waals surface area contributed by atoms with Crippen LogP contribution < -0.4 is 0 Å². The van der Waals surface area contributed by atoms with Crippen LogP contribution in [0.4, 0.5) is 92.6 Å². The van der Waals surface area contributed by atoms with Gasteiger partial charge in [-0.25, -0.2) is 9.18 Å². The Hall–Kier alpha value is -1.64. The molecule has 0 N–H and O–H groups in total. The van der Waals surface area contributed by atoms with Crippen LogP contribution in [0.25, 0.3) is 0 Å². The monoisotopic (exact) mass is 580 g/mol. The van der Waals surface area contributed by atoms with Gasteiger partial charge in [-0.15, -0.1) is 0 Å². The molecule has 0 rings (SSSR count). The third kappa shape index (κ3) is 4.26. The highest BCUT2D eigenvalue weighted by molar-refractivity contribution is 6.61. The fourth-order valence-corrected chi connectivity index (χ4v) is 1.81. The second kappa shape index (κ2) is 8.20. The zero-order valence-electron chi connectivity index (χ0n) is 14.3. The Balaban J connectivity index is 6.86. The first-order valence-corrected chi connectivity index (χ1v) is 7.32. The van der Waals surface area contributed by atoms with Crippen LogP contribution in [0.15, 0.2) is 0 Å². The van der Waals surface area contributed by atoms with E-state index in [0.29, 0.717) is 0 Å². The van der Waals surface area contributed by atoms with E-state index in [4.69, 9.17) is 0 Å². The fraction of sp³-hybridized carbons (Fsp3) is 0.909. The number of rotatable bonds is 9. The normalized spacial score (nSPS) is 17.0. The van der Waals surface area contributed by atoms with Crippen LogP contribution in [-0.2, 0) is 4.74 Å². The number of alkyl halides is 20. The van der Waals surface area contributed by atoms with Gasteiger partial charge in [-0.2, -0.15) is 83.4 Å². The van der Waals surface area contributed by atoms with E-state index in [-0.39, 0.29) is 0 Å². The Morgan fingerprint density at radius 1 is 0.529 bits per heavy atom. The lowest BCUT2D eigenvalue weighted by atomic mass is 9.88. The molecule has 0 aliphatic heterocycles. The van der Waals surface area contributed by atoms with Crippen molar-refractivity contribution in [1.29, 1.82) is 0 Å². The van der Waals surface area contributed by atoms with Crippen molar-refractivity contribution in [2.75, 3.05) is 0 Å². The zero-order chi connectivity index (χ0) is 28.4. The molecular weight excluding hydrogens is 580 g/mol. The SMILES string of the molecule is O=C(Cl)OC(F)(F)C(F)C(F)(F)C(F)(F)C(F)(F)C(F)(F)C(F)(F)C(F)(F)C(F)(F)C(F)(F)F. The largest absolute Gasteiger partial charge is 0.460 e. The highest BCUT2D eigenvalue weighted by Crippen LogP contribution is 2.64. The number of ether oxygens (including phenoxy) is 1. The molecule has 0 saturated carbocycles. The molecule has 1 unspecified atom stereocenters. The summed E-state index contributed by atoms with van der Waals surface area (Å²) in [6, 6.07) is 0. The van der Waals surface area contributed by atoms with Gasteiger partial charge in [0, 0.05) is 11.6 Å². The molecule has 2 nitrogen and oxygen atoms in total. The van der Waals surface area contributed by atoms with Gasteiger partial charge in [-0.3, -0.25) is 0 Å². The van der Waals surface area contributed by atoms with E-state index in [1.54, 1.807) is 0 Å². The Labute approximate surface area is 175 Å². The van der Waals surface area contributed by atoms with Crippen LogP contribution in [0.2, 0.25) is 0 Å². The minimum absolute atomic E-state index is 2.16. The summed E-state index contributed by atoms with van der Waals surface area (Å²) in [6.45, 7) is 0. The van der Waals surface area contributed by atoms with Gasteiger partial charge in [-0.05, 0) is 0 Å². The molecule has 0 aromatic heterocycles. The van der Waals surface area contributed by atoms with Crippen LogP contribution in [0.3, 0.4) is 0 Å². The maximum absolute atomic E-state index is 13.3. The summed E-state index contributed by atoms with van der Waals surface area (Å²) in [5.74, 6) is -61.2. The Morgan fingerprint density at radius 3 is 1.06 bits per heavy atom. The van der Waals surface area contributed by atoms with Crippen molar-refractivity contribution in [3.63, 3.8) is 0 Å². The predicted molar refractivity (Wildman–Crippen MR) is 62.9 cm³/mol. The molecule has 0 aliphatic rings. The highest BCUT2D eigenvalue weighted by Gasteiger charge is 2.96. The van der Waals surface area contributed by atoms with Crippen molar-refractivity contribution in [2.24, 2.45) is 0 Å². The van der Waals surface area contributed by atoms with Gasteiger partial charge >= 0.3 is 59.2 Å². The van der Waals surface area contributed by atoms with Gasteiger partial charge in [0.25, 0.3) is 6.17 Å². The molecule has 0 aliphatic carbocycles. The minimum atomic E-state index is -9.08. The number of hydrogen-bond acceptors (Lipinski definition) is 2. The van der Waals surface area contributed by atoms with Crippen molar-refractivity contribution in [1.82, 2.24) is 0 Å². The highest BCUT2D eigenvalue weighted by atomic mass is 35.5. The molecule has 0 aromatic carbocycles. The molecule has 34 heavy (non-hydrogen) atoms. The van der Waals surface area contributed by atoms with Gasteiger partial charge in [0.1, 0.15) is 0 Å². The van der Waals surface area contributed by atoms with E-state index in [2.05, 4.69) is 16.3 Å². The van der Waals surface area contributed by atoms with E-state index in [0.717, 1.165) is 0 Å². The second-order valence-corrected chi connectivity index (χ2v) is 6.14. The zero-order valence-corrected chi connectivity index (χ0v) is 15.1. The van der Waals surface area contributed by atoms with E-state index in [1.807, 2.05) is 0 Å². The van der Waals surface area contributed by atoms with Crippen molar-refractivity contribution in [3.8, 4) is 0 Å². The summed E-state index contributed by atoms with van der Waals surface area (Å²) in [5, 5.41) is 0. The molecular formula is C11HClF20O2. The maximum Gasteiger partial charge on any atom is 0.460 e. The summed E-state index contributed by atoms with van der Waals surface area (Å²) in [6.07, 6.45) is -21.1. The van der Waals surface area contributed by atoms with Crippen LogP contribution >= 0.6 is 11.6 Å². The lowest BCUT2D eigenvalue weighted by molar-refractivity contribution is -0.466. The molecule has 0 spiro atoms. The predicted octanol–water partition coefficient (Wildman–Crippen LogP) is 7.30. The minimum Gasteiger partial charge on any atom is -0.386 e. The first-order valence-electron chi connectivity index (χ1n) is 6.94. The van der Waals surface area contributed by atoms with Crippen molar-refractivity contribution in [2.45, 2.75) is 59.9 Å². The van der Waals surface area contributed by atoms with E-state index in [1.165, 1.54) is 0 Å². The Morgan fingerprint density at radius 2 is 0.794 bits per heavy atom. The lowest BCUT2D eigenvalue weighted by Crippen LogP contribution is -2.75. The van der Waals surface area contributed by atoms with Gasteiger partial charge in [0.05, 0.1) is 0 Å². The molecule has 204 valence electrons. The molecule has 0 radical (unpaired) electrons. The second-order valence-electron chi connectivity index (χ2n) is 5.83.